The third kappa shape index (κ3) is 4.94. The largest absolute Gasteiger partial charge is 0.494 e. The molecule has 2 heterocycles. The van der Waals surface area contributed by atoms with Crippen LogP contribution in [0.15, 0.2) is 42.7 Å². The molecular formula is C20H25N3O3. The fourth-order valence-corrected chi connectivity index (χ4v) is 2.88. The summed E-state index contributed by atoms with van der Waals surface area (Å²) < 4.78 is 11.4. The van der Waals surface area contributed by atoms with Gasteiger partial charge < -0.3 is 14.4 Å². The van der Waals surface area contributed by atoms with Crippen LogP contribution in [0.1, 0.15) is 43.0 Å². The Morgan fingerprint density at radius 2 is 1.85 bits per heavy atom. The van der Waals surface area contributed by atoms with Crippen molar-refractivity contribution in [2.45, 2.75) is 38.7 Å². The number of nitrogens with zero attached hydrogens (tertiary/aromatic N) is 3. The summed E-state index contributed by atoms with van der Waals surface area (Å²) in [5.74, 6) is 0.865. The highest BCUT2D eigenvalue weighted by molar-refractivity contribution is 5.94. The van der Waals surface area contributed by atoms with Gasteiger partial charge in [-0.15, -0.1) is 0 Å². The van der Waals surface area contributed by atoms with E-state index in [0.717, 1.165) is 31.4 Å². The Kier molecular flexibility index (Phi) is 6.41. The number of ether oxygens (including phenoxy) is 2. The summed E-state index contributed by atoms with van der Waals surface area (Å²) in [7, 11) is 0. The van der Waals surface area contributed by atoms with Crippen LogP contribution in [0, 0.1) is 0 Å². The SMILES string of the molecule is CCCCOc1ccc(C(=O)N2CCC(Oc3ncccn3)CC2)cc1. The lowest BCUT2D eigenvalue weighted by molar-refractivity contribution is 0.0578. The maximum atomic E-state index is 12.7. The summed E-state index contributed by atoms with van der Waals surface area (Å²) in [6.07, 6.45) is 7.08. The van der Waals surface area contributed by atoms with Crippen LogP contribution in [-0.4, -0.2) is 46.6 Å². The highest BCUT2D eigenvalue weighted by atomic mass is 16.5. The second-order valence-corrected chi connectivity index (χ2v) is 6.37. The molecule has 0 bridgehead atoms. The lowest BCUT2D eigenvalue weighted by atomic mass is 10.1. The summed E-state index contributed by atoms with van der Waals surface area (Å²) >= 11 is 0. The molecule has 0 atom stereocenters. The van der Waals surface area contributed by atoms with Crippen molar-refractivity contribution < 1.29 is 14.3 Å². The fourth-order valence-electron chi connectivity index (χ4n) is 2.88. The Labute approximate surface area is 154 Å². The van der Waals surface area contributed by atoms with E-state index in [2.05, 4.69) is 16.9 Å². The Hall–Kier alpha value is -2.63. The van der Waals surface area contributed by atoms with Gasteiger partial charge in [0.05, 0.1) is 6.61 Å². The van der Waals surface area contributed by atoms with Crippen LogP contribution in [0.2, 0.25) is 0 Å². The third-order valence-corrected chi connectivity index (χ3v) is 4.41. The van der Waals surface area contributed by atoms with Crippen LogP contribution in [0.3, 0.4) is 0 Å². The first-order valence-corrected chi connectivity index (χ1v) is 9.22. The first-order chi connectivity index (χ1) is 12.8. The zero-order chi connectivity index (χ0) is 18.2. The van der Waals surface area contributed by atoms with Gasteiger partial charge in [-0.2, -0.15) is 0 Å². The number of carbonyl (C=O) groups is 1. The molecule has 0 radical (unpaired) electrons. The van der Waals surface area contributed by atoms with Gasteiger partial charge in [-0.05, 0) is 36.8 Å². The number of unbranched alkanes of at least 4 members (excludes halogenated alkanes) is 1. The van der Waals surface area contributed by atoms with E-state index in [0.29, 0.717) is 31.3 Å². The number of hydrogen-bond acceptors (Lipinski definition) is 5. The monoisotopic (exact) mass is 355 g/mol. The molecule has 1 aromatic heterocycles. The first kappa shape index (κ1) is 18.2. The molecule has 138 valence electrons. The van der Waals surface area contributed by atoms with Crippen molar-refractivity contribution in [2.75, 3.05) is 19.7 Å². The van der Waals surface area contributed by atoms with E-state index in [1.165, 1.54) is 0 Å². The molecule has 1 aliphatic heterocycles. The third-order valence-electron chi connectivity index (χ3n) is 4.41. The lowest BCUT2D eigenvalue weighted by Gasteiger charge is -2.31. The molecule has 1 saturated heterocycles. The van der Waals surface area contributed by atoms with Gasteiger partial charge in [-0.3, -0.25) is 4.79 Å². The van der Waals surface area contributed by atoms with Crippen LogP contribution < -0.4 is 9.47 Å². The summed E-state index contributed by atoms with van der Waals surface area (Å²) in [5.41, 5.74) is 0.693. The molecule has 0 N–H and O–H groups in total. The Bertz CT molecular complexity index is 683. The highest BCUT2D eigenvalue weighted by Crippen LogP contribution is 2.19. The summed E-state index contributed by atoms with van der Waals surface area (Å²) in [4.78, 5) is 22.7. The van der Waals surface area contributed by atoms with Crippen molar-refractivity contribution in [3.05, 3.63) is 48.3 Å². The second-order valence-electron chi connectivity index (χ2n) is 6.37. The van der Waals surface area contributed by atoms with Gasteiger partial charge in [0, 0.05) is 43.9 Å². The average molecular weight is 355 g/mol. The van der Waals surface area contributed by atoms with Gasteiger partial charge >= 0.3 is 6.01 Å². The number of hydrogen-bond donors (Lipinski definition) is 0. The summed E-state index contributed by atoms with van der Waals surface area (Å²) in [5, 5.41) is 0. The van der Waals surface area contributed by atoms with Crippen molar-refractivity contribution in [3.63, 3.8) is 0 Å². The Balaban J connectivity index is 1.48. The van der Waals surface area contributed by atoms with Gasteiger partial charge in [-0.25, -0.2) is 9.97 Å². The molecule has 1 fully saturated rings. The summed E-state index contributed by atoms with van der Waals surface area (Å²) in [6, 6.07) is 9.56. The normalized spacial score (nSPS) is 14.9. The van der Waals surface area contributed by atoms with Crippen LogP contribution >= 0.6 is 0 Å². The minimum Gasteiger partial charge on any atom is -0.494 e. The van der Waals surface area contributed by atoms with Gasteiger partial charge in [-0.1, -0.05) is 13.3 Å². The number of rotatable bonds is 7. The standard InChI is InChI=1S/C20H25N3O3/c1-2-3-15-25-17-7-5-16(6-8-17)19(24)23-13-9-18(10-14-23)26-20-21-11-4-12-22-20/h4-8,11-12,18H,2-3,9-10,13-15H2,1H3. The minimum absolute atomic E-state index is 0.0517. The van der Waals surface area contributed by atoms with Crippen LogP contribution in [0.4, 0.5) is 0 Å². The topological polar surface area (TPSA) is 64.5 Å². The van der Waals surface area contributed by atoms with Gasteiger partial charge in [0.25, 0.3) is 5.91 Å². The molecule has 0 spiro atoms. The average Bonchev–Trinajstić information content (AvgIpc) is 2.70. The molecule has 6 nitrogen and oxygen atoms in total. The Morgan fingerprint density at radius 3 is 2.50 bits per heavy atom. The number of aromatic nitrogens is 2. The first-order valence-electron chi connectivity index (χ1n) is 9.22. The zero-order valence-electron chi connectivity index (χ0n) is 15.1. The van der Waals surface area contributed by atoms with Gasteiger partial charge in [0.2, 0.25) is 0 Å². The molecule has 1 amide bonds. The quantitative estimate of drug-likeness (QED) is 0.713. The highest BCUT2D eigenvalue weighted by Gasteiger charge is 2.25. The van der Waals surface area contributed by atoms with E-state index in [4.69, 9.17) is 9.47 Å². The minimum atomic E-state index is 0.0517. The molecule has 0 aliphatic carbocycles. The molecule has 1 aliphatic rings. The van der Waals surface area contributed by atoms with E-state index in [1.807, 2.05) is 29.2 Å². The smallest absolute Gasteiger partial charge is 0.316 e. The number of benzene rings is 1. The van der Waals surface area contributed by atoms with Crippen molar-refractivity contribution in [1.29, 1.82) is 0 Å². The van der Waals surface area contributed by atoms with Crippen LogP contribution in [0.25, 0.3) is 0 Å². The van der Waals surface area contributed by atoms with E-state index in [9.17, 15) is 4.79 Å². The molecule has 6 heteroatoms. The molecular weight excluding hydrogens is 330 g/mol. The van der Waals surface area contributed by atoms with Crippen molar-refractivity contribution >= 4 is 5.91 Å². The number of likely N-dealkylation sites (tertiary alicyclic amines) is 1. The lowest BCUT2D eigenvalue weighted by Crippen LogP contribution is -2.41. The molecule has 3 rings (SSSR count). The fraction of sp³-hybridized carbons (Fsp3) is 0.450. The zero-order valence-corrected chi connectivity index (χ0v) is 15.1. The van der Waals surface area contributed by atoms with E-state index in [1.54, 1.807) is 18.5 Å². The van der Waals surface area contributed by atoms with Crippen molar-refractivity contribution in [3.8, 4) is 11.8 Å². The second kappa shape index (κ2) is 9.17. The van der Waals surface area contributed by atoms with E-state index < -0.39 is 0 Å². The van der Waals surface area contributed by atoms with E-state index in [-0.39, 0.29) is 12.0 Å². The molecule has 1 aromatic carbocycles. The van der Waals surface area contributed by atoms with Gasteiger partial charge in [0.15, 0.2) is 0 Å². The van der Waals surface area contributed by atoms with Crippen molar-refractivity contribution in [1.82, 2.24) is 14.9 Å². The molecule has 26 heavy (non-hydrogen) atoms. The number of amides is 1. The molecule has 0 unspecified atom stereocenters. The van der Waals surface area contributed by atoms with E-state index >= 15 is 0 Å². The Morgan fingerprint density at radius 1 is 1.15 bits per heavy atom. The maximum Gasteiger partial charge on any atom is 0.316 e. The molecule has 2 aromatic rings. The summed E-state index contributed by atoms with van der Waals surface area (Å²) in [6.45, 7) is 4.19. The maximum absolute atomic E-state index is 12.7. The van der Waals surface area contributed by atoms with Gasteiger partial charge in [0.1, 0.15) is 11.9 Å². The predicted octanol–water partition coefficient (Wildman–Crippen LogP) is 3.34. The van der Waals surface area contributed by atoms with Crippen LogP contribution in [-0.2, 0) is 0 Å². The number of piperidine rings is 1. The predicted molar refractivity (Wildman–Crippen MR) is 98.4 cm³/mol. The van der Waals surface area contributed by atoms with Crippen molar-refractivity contribution in [2.24, 2.45) is 0 Å². The van der Waals surface area contributed by atoms with Crippen LogP contribution in [0.5, 0.6) is 11.8 Å². The number of carbonyl (C=O) groups excluding carboxylic acids is 1. The molecule has 0 saturated carbocycles.